The third kappa shape index (κ3) is 2.61. The summed E-state index contributed by atoms with van der Waals surface area (Å²) in [5.74, 6) is -1.16. The van der Waals surface area contributed by atoms with Gasteiger partial charge in [0, 0.05) is 10.9 Å². The van der Waals surface area contributed by atoms with Crippen molar-refractivity contribution < 1.29 is 8.78 Å². The molecule has 2 rings (SSSR count). The van der Waals surface area contributed by atoms with E-state index in [0.717, 1.165) is 16.6 Å². The summed E-state index contributed by atoms with van der Waals surface area (Å²) in [5, 5.41) is 3.01. The molecular formula is C12H12F2N2S. The van der Waals surface area contributed by atoms with Crippen LogP contribution in [0.2, 0.25) is 0 Å². The van der Waals surface area contributed by atoms with E-state index in [-0.39, 0.29) is 6.04 Å². The fraction of sp³-hybridized carbons (Fsp3) is 0.250. The minimum atomic E-state index is -0.584. The lowest BCUT2D eigenvalue weighted by Gasteiger charge is -2.14. The number of hydrogen-bond acceptors (Lipinski definition) is 3. The van der Waals surface area contributed by atoms with E-state index in [1.54, 1.807) is 5.51 Å². The molecule has 1 N–H and O–H groups in total. The molecule has 1 heterocycles. The number of anilines is 1. The molecule has 0 aliphatic carbocycles. The number of benzene rings is 1. The predicted molar refractivity (Wildman–Crippen MR) is 65.2 cm³/mol. The molecule has 0 amide bonds. The normalized spacial score (nSPS) is 12.5. The number of nitrogens with one attached hydrogen (secondary N) is 1. The topological polar surface area (TPSA) is 24.9 Å². The first-order valence-electron chi connectivity index (χ1n) is 5.19. The van der Waals surface area contributed by atoms with Gasteiger partial charge in [-0.3, -0.25) is 0 Å². The van der Waals surface area contributed by atoms with E-state index in [4.69, 9.17) is 0 Å². The zero-order valence-corrected chi connectivity index (χ0v) is 10.3. The first-order chi connectivity index (χ1) is 8.08. The van der Waals surface area contributed by atoms with Crippen LogP contribution in [-0.2, 0) is 0 Å². The van der Waals surface area contributed by atoms with E-state index in [1.165, 1.54) is 23.5 Å². The molecule has 0 fully saturated rings. The molecule has 17 heavy (non-hydrogen) atoms. The second-order valence-electron chi connectivity index (χ2n) is 3.79. The summed E-state index contributed by atoms with van der Waals surface area (Å²) in [4.78, 5) is 5.19. The molecule has 0 saturated heterocycles. The average molecular weight is 254 g/mol. The first-order valence-corrected chi connectivity index (χ1v) is 6.07. The highest BCUT2D eigenvalue weighted by atomic mass is 32.1. The maximum absolute atomic E-state index is 13.4. The molecule has 90 valence electrons. The molecule has 0 bridgehead atoms. The fourth-order valence-electron chi connectivity index (χ4n) is 1.63. The summed E-state index contributed by atoms with van der Waals surface area (Å²) in [7, 11) is 0. The summed E-state index contributed by atoms with van der Waals surface area (Å²) in [6.07, 6.45) is 0. The van der Waals surface area contributed by atoms with Crippen molar-refractivity contribution >= 4 is 17.0 Å². The van der Waals surface area contributed by atoms with Gasteiger partial charge in [-0.1, -0.05) is 0 Å². The van der Waals surface area contributed by atoms with Crippen LogP contribution in [0.25, 0.3) is 0 Å². The minimum absolute atomic E-state index is 0.0533. The lowest BCUT2D eigenvalue weighted by atomic mass is 10.2. The molecule has 1 atom stereocenters. The minimum Gasteiger partial charge on any atom is -0.375 e. The molecule has 1 unspecified atom stereocenters. The average Bonchev–Trinajstić information content (AvgIpc) is 2.68. The molecule has 0 aliphatic rings. The molecule has 2 nitrogen and oxygen atoms in total. The molecule has 0 saturated carbocycles. The highest BCUT2D eigenvalue weighted by Crippen LogP contribution is 2.26. The van der Waals surface area contributed by atoms with Crippen molar-refractivity contribution in [3.05, 3.63) is 45.9 Å². The number of aromatic nitrogens is 1. The second kappa shape index (κ2) is 4.79. The monoisotopic (exact) mass is 254 g/mol. The summed E-state index contributed by atoms with van der Waals surface area (Å²) < 4.78 is 26.2. The third-order valence-corrected chi connectivity index (χ3v) is 3.59. The van der Waals surface area contributed by atoms with Gasteiger partial charge in [-0.05, 0) is 26.0 Å². The van der Waals surface area contributed by atoms with Crippen LogP contribution in [-0.4, -0.2) is 4.98 Å². The maximum atomic E-state index is 13.4. The zero-order valence-electron chi connectivity index (χ0n) is 9.50. The number of thiazole rings is 1. The number of halogens is 2. The van der Waals surface area contributed by atoms with E-state index in [1.807, 2.05) is 13.8 Å². The van der Waals surface area contributed by atoms with Gasteiger partial charge in [-0.15, -0.1) is 11.3 Å². The molecule has 0 aliphatic heterocycles. The summed E-state index contributed by atoms with van der Waals surface area (Å²) in [6, 6.07) is 3.45. The molecule has 5 heteroatoms. The molecule has 2 aromatic rings. The molecule has 0 spiro atoms. The smallest absolute Gasteiger partial charge is 0.149 e. The third-order valence-electron chi connectivity index (χ3n) is 2.48. The van der Waals surface area contributed by atoms with Gasteiger partial charge in [-0.25, -0.2) is 13.8 Å². The Morgan fingerprint density at radius 3 is 2.71 bits per heavy atom. The Morgan fingerprint density at radius 2 is 2.12 bits per heavy atom. The van der Waals surface area contributed by atoms with Gasteiger partial charge in [0.1, 0.15) is 11.6 Å². The largest absolute Gasteiger partial charge is 0.375 e. The van der Waals surface area contributed by atoms with E-state index in [0.29, 0.717) is 5.69 Å². The number of rotatable bonds is 3. The summed E-state index contributed by atoms with van der Waals surface area (Å²) in [5.41, 5.74) is 2.98. The predicted octanol–water partition coefficient (Wildman–Crippen LogP) is 3.90. The Kier molecular flexibility index (Phi) is 3.38. The van der Waals surface area contributed by atoms with Crippen LogP contribution in [0, 0.1) is 18.6 Å². The Hall–Kier alpha value is -1.49. The van der Waals surface area contributed by atoms with Crippen molar-refractivity contribution in [2.45, 2.75) is 19.9 Å². The second-order valence-corrected chi connectivity index (χ2v) is 4.68. The van der Waals surface area contributed by atoms with Crippen LogP contribution in [0.3, 0.4) is 0 Å². The zero-order chi connectivity index (χ0) is 12.4. The van der Waals surface area contributed by atoms with Crippen molar-refractivity contribution in [1.82, 2.24) is 4.98 Å². The Balaban J connectivity index is 2.19. The van der Waals surface area contributed by atoms with Crippen LogP contribution in [0.5, 0.6) is 0 Å². The highest BCUT2D eigenvalue weighted by Gasteiger charge is 2.13. The lowest BCUT2D eigenvalue weighted by Crippen LogP contribution is -2.07. The van der Waals surface area contributed by atoms with Gasteiger partial charge < -0.3 is 5.32 Å². The van der Waals surface area contributed by atoms with E-state index in [9.17, 15) is 8.78 Å². The van der Waals surface area contributed by atoms with Crippen LogP contribution >= 0.6 is 11.3 Å². The van der Waals surface area contributed by atoms with Crippen molar-refractivity contribution in [1.29, 1.82) is 0 Å². The van der Waals surface area contributed by atoms with Gasteiger partial charge in [0.25, 0.3) is 0 Å². The van der Waals surface area contributed by atoms with Gasteiger partial charge >= 0.3 is 0 Å². The van der Waals surface area contributed by atoms with Gasteiger partial charge in [0.2, 0.25) is 0 Å². The summed E-state index contributed by atoms with van der Waals surface area (Å²) in [6.45, 7) is 3.83. The maximum Gasteiger partial charge on any atom is 0.149 e. The van der Waals surface area contributed by atoms with Crippen molar-refractivity contribution in [2.75, 3.05) is 5.32 Å². The van der Waals surface area contributed by atoms with Crippen molar-refractivity contribution in [3.63, 3.8) is 0 Å². The fourth-order valence-corrected chi connectivity index (χ4v) is 2.44. The molecule has 1 aromatic heterocycles. The number of aryl methyl sites for hydroxylation is 1. The lowest BCUT2D eigenvalue weighted by molar-refractivity contribution is 0.584. The molecule has 1 aromatic carbocycles. The molecular weight excluding hydrogens is 242 g/mol. The van der Waals surface area contributed by atoms with Gasteiger partial charge in [-0.2, -0.15) is 0 Å². The van der Waals surface area contributed by atoms with Gasteiger partial charge in [0.15, 0.2) is 0 Å². The van der Waals surface area contributed by atoms with Crippen LogP contribution in [0.1, 0.15) is 23.5 Å². The van der Waals surface area contributed by atoms with Crippen LogP contribution in [0.4, 0.5) is 14.5 Å². The van der Waals surface area contributed by atoms with Crippen molar-refractivity contribution in [2.24, 2.45) is 0 Å². The Bertz CT molecular complexity index is 525. The Labute approximate surface area is 102 Å². The quantitative estimate of drug-likeness (QED) is 0.898. The van der Waals surface area contributed by atoms with E-state index in [2.05, 4.69) is 10.3 Å². The van der Waals surface area contributed by atoms with Crippen LogP contribution < -0.4 is 5.32 Å². The summed E-state index contributed by atoms with van der Waals surface area (Å²) >= 11 is 1.52. The SMILES string of the molecule is Cc1ncsc1C(C)Nc1ccc(F)cc1F. The number of nitrogens with zero attached hydrogens (tertiary/aromatic N) is 1. The number of hydrogen-bond donors (Lipinski definition) is 1. The van der Waals surface area contributed by atoms with E-state index < -0.39 is 11.6 Å². The standard InChI is InChI=1S/C12H12F2N2S/c1-7-12(17-6-15-7)8(2)16-11-4-3-9(13)5-10(11)14/h3-6,8,16H,1-2H3. The highest BCUT2D eigenvalue weighted by molar-refractivity contribution is 7.09. The van der Waals surface area contributed by atoms with Crippen molar-refractivity contribution in [3.8, 4) is 0 Å². The van der Waals surface area contributed by atoms with Gasteiger partial charge in [0.05, 0.1) is 22.9 Å². The van der Waals surface area contributed by atoms with E-state index >= 15 is 0 Å². The molecule has 0 radical (unpaired) electrons. The first kappa shape index (κ1) is 12.0. The Morgan fingerprint density at radius 1 is 1.35 bits per heavy atom. The van der Waals surface area contributed by atoms with Crippen LogP contribution in [0.15, 0.2) is 23.7 Å².